The smallest absolute Gasteiger partial charge is 0.212 e. The van der Waals surface area contributed by atoms with E-state index in [2.05, 4.69) is 40.7 Å². The van der Waals surface area contributed by atoms with Gasteiger partial charge in [0.1, 0.15) is 11.5 Å². The zero-order valence-corrected chi connectivity index (χ0v) is 17.2. The van der Waals surface area contributed by atoms with E-state index in [0.29, 0.717) is 24.3 Å². The van der Waals surface area contributed by atoms with E-state index >= 15 is 0 Å². The number of aromatic hydroxyl groups is 1. The van der Waals surface area contributed by atoms with Crippen molar-refractivity contribution in [2.45, 2.75) is 104 Å². The van der Waals surface area contributed by atoms with Crippen LogP contribution in [0, 0.1) is 5.41 Å². The van der Waals surface area contributed by atoms with E-state index < -0.39 is 5.79 Å². The Bertz CT molecular complexity index is 675. The molecule has 1 unspecified atom stereocenters. The number of phenols is 1. The van der Waals surface area contributed by atoms with Gasteiger partial charge < -0.3 is 14.9 Å². The fourth-order valence-electron chi connectivity index (χ4n) is 4.66. The van der Waals surface area contributed by atoms with Gasteiger partial charge in [0.05, 0.1) is 0 Å². The Kier molecular flexibility index (Phi) is 5.07. The molecule has 3 heterocycles. The van der Waals surface area contributed by atoms with Gasteiger partial charge in [-0.3, -0.25) is 0 Å². The van der Waals surface area contributed by atoms with E-state index in [4.69, 9.17) is 4.74 Å². The first kappa shape index (κ1) is 19.5. The number of phenolic OH excluding ortho intramolecular Hbond substituents is 1. The highest BCUT2D eigenvalue weighted by molar-refractivity contribution is 5.58. The Hall–Kier alpha value is -1.22. The third-order valence-corrected chi connectivity index (χ3v) is 6.45. The summed E-state index contributed by atoms with van der Waals surface area (Å²) in [4.78, 5) is 0. The molecule has 2 N–H and O–H groups in total. The molecule has 1 aromatic rings. The Morgan fingerprint density at radius 1 is 1.08 bits per heavy atom. The van der Waals surface area contributed by atoms with Crippen molar-refractivity contribution in [1.82, 2.24) is 0 Å². The largest absolute Gasteiger partial charge is 0.507 e. The van der Waals surface area contributed by atoms with E-state index in [0.717, 1.165) is 36.0 Å². The van der Waals surface area contributed by atoms with Crippen molar-refractivity contribution >= 4 is 0 Å². The van der Waals surface area contributed by atoms with E-state index in [1.165, 1.54) is 25.7 Å². The molecule has 26 heavy (non-hydrogen) atoms. The van der Waals surface area contributed by atoms with Gasteiger partial charge in [-0.2, -0.15) is 0 Å². The van der Waals surface area contributed by atoms with E-state index in [1.54, 1.807) is 0 Å². The lowest BCUT2D eigenvalue weighted by Crippen LogP contribution is -2.39. The summed E-state index contributed by atoms with van der Waals surface area (Å²) in [6.07, 6.45) is 8.69. The molecular weight excluding hydrogens is 324 g/mol. The van der Waals surface area contributed by atoms with Crippen LogP contribution in [0.15, 0.2) is 6.07 Å². The highest BCUT2D eigenvalue weighted by Gasteiger charge is 2.44. The molecule has 3 aliphatic rings. The zero-order chi connectivity index (χ0) is 19.2. The third kappa shape index (κ3) is 3.74. The van der Waals surface area contributed by atoms with Crippen LogP contribution in [0.5, 0.6) is 11.5 Å². The summed E-state index contributed by atoms with van der Waals surface area (Å²) >= 11 is 0. The van der Waals surface area contributed by atoms with Crippen molar-refractivity contribution in [3.8, 4) is 11.5 Å². The van der Waals surface area contributed by atoms with Gasteiger partial charge in [0.25, 0.3) is 0 Å². The molecule has 0 aliphatic carbocycles. The molecule has 0 spiro atoms. The second-order valence-electron chi connectivity index (χ2n) is 9.99. The summed E-state index contributed by atoms with van der Waals surface area (Å²) in [5.41, 5.74) is 2.95. The number of fused-ring (bicyclic) bond motifs is 1. The van der Waals surface area contributed by atoms with E-state index in [1.807, 2.05) is 0 Å². The van der Waals surface area contributed by atoms with Crippen LogP contribution in [0.3, 0.4) is 0 Å². The SMILES string of the molecule is CCCCCCC(C)(C)c1cc2c3c(O)c1CC(O)(CCC(C)(C)C3)O2. The molecule has 0 aromatic heterocycles. The molecule has 3 nitrogen and oxygen atoms in total. The molecular formula is C23H36O3. The average Bonchev–Trinajstić information content (AvgIpc) is 2.75. The summed E-state index contributed by atoms with van der Waals surface area (Å²) in [6.45, 7) is 11.2. The first-order valence-corrected chi connectivity index (χ1v) is 10.4. The van der Waals surface area contributed by atoms with Crippen LogP contribution in [0.1, 0.15) is 96.3 Å². The van der Waals surface area contributed by atoms with Crippen LogP contribution < -0.4 is 4.74 Å². The molecule has 0 radical (unpaired) electrons. The predicted octanol–water partition coefficient (Wildman–Crippen LogP) is 5.63. The molecule has 0 saturated heterocycles. The monoisotopic (exact) mass is 360 g/mol. The number of rotatable bonds is 6. The minimum absolute atomic E-state index is 0.0357. The third-order valence-electron chi connectivity index (χ3n) is 6.45. The maximum absolute atomic E-state index is 11.1. The van der Waals surface area contributed by atoms with E-state index in [9.17, 15) is 10.2 Å². The second kappa shape index (κ2) is 6.74. The number of ether oxygens (including phenoxy) is 1. The average molecular weight is 361 g/mol. The lowest BCUT2D eigenvalue weighted by molar-refractivity contribution is -0.147. The van der Waals surface area contributed by atoms with Gasteiger partial charge in [-0.15, -0.1) is 0 Å². The fourth-order valence-corrected chi connectivity index (χ4v) is 4.66. The number of hydrogen-bond acceptors (Lipinski definition) is 3. The molecule has 0 amide bonds. The standard InChI is InChI=1S/C23H36O3/c1-6-7-8-9-10-22(4,5)18-13-19-17-14-21(2,3)11-12-23(25,26-19)15-16(18)20(17)24/h13,24-25H,6-12,14-15H2,1-5H3. The maximum Gasteiger partial charge on any atom is 0.212 e. The Balaban J connectivity index is 2.00. The Morgan fingerprint density at radius 2 is 1.81 bits per heavy atom. The molecule has 4 rings (SSSR count). The quantitative estimate of drug-likeness (QED) is 0.647. The molecule has 3 heteroatoms. The minimum Gasteiger partial charge on any atom is -0.507 e. The van der Waals surface area contributed by atoms with Gasteiger partial charge >= 0.3 is 0 Å². The van der Waals surface area contributed by atoms with Gasteiger partial charge in [0, 0.05) is 24.0 Å². The van der Waals surface area contributed by atoms with Gasteiger partial charge in [-0.25, -0.2) is 0 Å². The lowest BCUT2D eigenvalue weighted by Gasteiger charge is -2.34. The lowest BCUT2D eigenvalue weighted by atomic mass is 9.75. The number of benzene rings is 1. The van der Waals surface area contributed by atoms with Crippen molar-refractivity contribution in [3.63, 3.8) is 0 Å². The molecule has 1 aromatic carbocycles. The summed E-state index contributed by atoms with van der Waals surface area (Å²) in [6, 6.07) is 2.11. The topological polar surface area (TPSA) is 49.7 Å². The van der Waals surface area contributed by atoms with Crippen molar-refractivity contribution in [1.29, 1.82) is 0 Å². The fraction of sp³-hybridized carbons (Fsp3) is 0.739. The van der Waals surface area contributed by atoms with Crippen LogP contribution in [0.4, 0.5) is 0 Å². The molecule has 1 atom stereocenters. The Labute approximate surface area is 158 Å². The van der Waals surface area contributed by atoms with Crippen LogP contribution in [0.2, 0.25) is 0 Å². The van der Waals surface area contributed by atoms with Crippen molar-refractivity contribution in [3.05, 3.63) is 22.8 Å². The molecule has 3 aliphatic heterocycles. The summed E-state index contributed by atoms with van der Waals surface area (Å²) in [5.74, 6) is -0.144. The van der Waals surface area contributed by atoms with Gasteiger partial charge in [0.2, 0.25) is 5.79 Å². The first-order chi connectivity index (χ1) is 12.1. The molecule has 146 valence electrons. The van der Waals surface area contributed by atoms with E-state index in [-0.39, 0.29) is 10.8 Å². The van der Waals surface area contributed by atoms with Crippen molar-refractivity contribution < 1.29 is 14.9 Å². The number of hydrogen-bond donors (Lipinski definition) is 2. The van der Waals surface area contributed by atoms with Gasteiger partial charge in [0.15, 0.2) is 0 Å². The van der Waals surface area contributed by atoms with Crippen molar-refractivity contribution in [2.75, 3.05) is 0 Å². The maximum atomic E-state index is 11.1. The highest BCUT2D eigenvalue weighted by atomic mass is 16.6. The number of unbranched alkanes of at least 4 members (excludes halogenated alkanes) is 3. The number of aliphatic hydroxyl groups is 1. The molecule has 0 saturated carbocycles. The van der Waals surface area contributed by atoms with Crippen LogP contribution in [-0.4, -0.2) is 16.0 Å². The minimum atomic E-state index is -1.20. The second-order valence-corrected chi connectivity index (χ2v) is 9.99. The van der Waals surface area contributed by atoms with Crippen LogP contribution in [-0.2, 0) is 18.3 Å². The van der Waals surface area contributed by atoms with Gasteiger partial charge in [-0.1, -0.05) is 60.3 Å². The van der Waals surface area contributed by atoms with Crippen LogP contribution >= 0.6 is 0 Å². The van der Waals surface area contributed by atoms with Gasteiger partial charge in [-0.05, 0) is 41.7 Å². The summed E-state index contributed by atoms with van der Waals surface area (Å²) < 4.78 is 6.08. The zero-order valence-electron chi connectivity index (χ0n) is 17.2. The molecule has 4 bridgehead atoms. The Morgan fingerprint density at radius 3 is 2.50 bits per heavy atom. The summed E-state index contributed by atoms with van der Waals surface area (Å²) in [7, 11) is 0. The predicted molar refractivity (Wildman–Crippen MR) is 106 cm³/mol. The highest BCUT2D eigenvalue weighted by Crippen LogP contribution is 2.51. The van der Waals surface area contributed by atoms with Crippen molar-refractivity contribution in [2.24, 2.45) is 5.41 Å². The van der Waals surface area contributed by atoms with Crippen LogP contribution in [0.25, 0.3) is 0 Å². The first-order valence-electron chi connectivity index (χ1n) is 10.4. The summed E-state index contributed by atoms with van der Waals surface area (Å²) in [5, 5.41) is 22.2. The normalized spacial score (nSPS) is 24.1. The molecule has 0 fully saturated rings.